The number of rotatable bonds is 16. The van der Waals surface area contributed by atoms with Crippen molar-refractivity contribution in [3.63, 3.8) is 0 Å². The second kappa shape index (κ2) is 14.6. The van der Waals surface area contributed by atoms with E-state index in [9.17, 15) is 5.11 Å². The minimum atomic E-state index is -0.999. The molecule has 0 bridgehead atoms. The molecule has 0 heterocycles. The van der Waals surface area contributed by atoms with Crippen molar-refractivity contribution in [2.24, 2.45) is 0 Å². The fourth-order valence-electron chi connectivity index (χ4n) is 4.47. The van der Waals surface area contributed by atoms with E-state index in [0.717, 1.165) is 16.7 Å². The molecule has 1 unspecified atom stereocenters. The van der Waals surface area contributed by atoms with E-state index in [4.69, 9.17) is 28.8 Å². The van der Waals surface area contributed by atoms with Gasteiger partial charge in [-0.2, -0.15) is 0 Å². The van der Waals surface area contributed by atoms with Crippen molar-refractivity contribution >= 4 is 0 Å². The van der Waals surface area contributed by atoms with E-state index in [0.29, 0.717) is 44.5 Å². The maximum absolute atomic E-state index is 11.9. The molecule has 0 aromatic heterocycles. The van der Waals surface area contributed by atoms with E-state index in [2.05, 4.69) is 0 Å². The largest absolute Gasteiger partial charge is 0.493 e. The highest BCUT2D eigenvalue weighted by molar-refractivity contribution is 5.60. The number of methoxy groups -OCH3 is 2. The van der Waals surface area contributed by atoms with Crippen LogP contribution >= 0.6 is 0 Å². The molecular weight excluding hydrogens is 460 g/mol. The molecule has 3 aromatic rings. The third kappa shape index (κ3) is 6.43. The Hall–Kier alpha value is -2.94. The Morgan fingerprint density at radius 2 is 1.22 bits per heavy atom. The van der Waals surface area contributed by atoms with Crippen LogP contribution in [0.5, 0.6) is 11.5 Å². The molecule has 0 aliphatic rings. The number of ether oxygens (including phenoxy) is 5. The van der Waals surface area contributed by atoms with Crippen molar-refractivity contribution in [3.05, 3.63) is 95.6 Å². The summed E-state index contributed by atoms with van der Waals surface area (Å²) in [5.41, 5.74) is 1.57. The zero-order valence-electron chi connectivity index (χ0n) is 21.0. The lowest BCUT2D eigenvalue weighted by molar-refractivity contribution is -0.0233. The monoisotopic (exact) mass is 496 g/mol. The fourth-order valence-corrected chi connectivity index (χ4v) is 4.47. The van der Waals surface area contributed by atoms with E-state index in [-0.39, 0.29) is 13.2 Å². The van der Waals surface area contributed by atoms with Gasteiger partial charge in [0.2, 0.25) is 0 Å². The summed E-state index contributed by atoms with van der Waals surface area (Å²) in [4.78, 5) is 0. The van der Waals surface area contributed by atoms with Crippen LogP contribution in [0, 0.1) is 0 Å². The molecular formula is C29H36O7. The van der Waals surface area contributed by atoms with Crippen LogP contribution in [0.1, 0.15) is 16.7 Å². The van der Waals surface area contributed by atoms with Gasteiger partial charge < -0.3 is 33.9 Å². The van der Waals surface area contributed by atoms with Gasteiger partial charge in [-0.25, -0.2) is 0 Å². The summed E-state index contributed by atoms with van der Waals surface area (Å²) in [7, 11) is 3.20. The molecule has 194 valence electrons. The molecule has 0 amide bonds. The molecule has 0 aliphatic carbocycles. The zero-order valence-corrected chi connectivity index (χ0v) is 21.0. The SMILES string of the molecule is COc1cccc(C(c2ccccc2)(c2ccccc2)C(O)COCCOCCOCCO)c1OC. The van der Waals surface area contributed by atoms with Crippen LogP contribution in [0.4, 0.5) is 0 Å². The summed E-state index contributed by atoms with van der Waals surface area (Å²) < 4.78 is 28.0. The van der Waals surface area contributed by atoms with Gasteiger partial charge in [-0.05, 0) is 17.2 Å². The third-order valence-electron chi connectivity index (χ3n) is 6.04. The van der Waals surface area contributed by atoms with Crippen LogP contribution in [0.15, 0.2) is 78.9 Å². The van der Waals surface area contributed by atoms with Crippen molar-refractivity contribution in [2.45, 2.75) is 11.5 Å². The van der Waals surface area contributed by atoms with Gasteiger partial charge in [0.1, 0.15) is 0 Å². The van der Waals surface area contributed by atoms with Gasteiger partial charge in [0.25, 0.3) is 0 Å². The minimum Gasteiger partial charge on any atom is -0.493 e. The predicted octanol–water partition coefficient (Wildman–Crippen LogP) is 3.44. The topological polar surface area (TPSA) is 86.6 Å². The zero-order chi connectivity index (χ0) is 25.6. The Morgan fingerprint density at radius 3 is 1.75 bits per heavy atom. The Bertz CT molecular complexity index is 971. The highest BCUT2D eigenvalue weighted by Gasteiger charge is 2.45. The normalized spacial score (nSPS) is 12.3. The smallest absolute Gasteiger partial charge is 0.165 e. The van der Waals surface area contributed by atoms with Crippen molar-refractivity contribution in [2.75, 3.05) is 60.5 Å². The van der Waals surface area contributed by atoms with E-state index >= 15 is 0 Å². The van der Waals surface area contributed by atoms with Gasteiger partial charge in [-0.3, -0.25) is 0 Å². The maximum Gasteiger partial charge on any atom is 0.165 e. The maximum atomic E-state index is 11.9. The Balaban J connectivity index is 1.94. The molecule has 1 atom stereocenters. The molecule has 2 N–H and O–H groups in total. The molecule has 7 nitrogen and oxygen atoms in total. The number of aliphatic hydroxyl groups excluding tert-OH is 2. The molecule has 0 aliphatic heterocycles. The molecule has 7 heteroatoms. The second-order valence-corrected chi connectivity index (χ2v) is 8.12. The lowest BCUT2D eigenvalue weighted by Gasteiger charge is -2.40. The summed E-state index contributed by atoms with van der Waals surface area (Å²) in [5, 5.41) is 20.6. The Morgan fingerprint density at radius 1 is 0.667 bits per heavy atom. The van der Waals surface area contributed by atoms with Crippen LogP contribution in [0.25, 0.3) is 0 Å². The number of hydrogen-bond acceptors (Lipinski definition) is 7. The molecule has 0 spiro atoms. The van der Waals surface area contributed by atoms with Gasteiger partial charge in [0.15, 0.2) is 11.5 Å². The lowest BCUT2D eigenvalue weighted by Crippen LogP contribution is -2.45. The minimum absolute atomic E-state index is 0.0103. The van der Waals surface area contributed by atoms with Crippen LogP contribution in [-0.2, 0) is 19.6 Å². The molecule has 3 rings (SSSR count). The molecule has 3 aromatic carbocycles. The van der Waals surface area contributed by atoms with Crippen molar-refractivity contribution in [1.82, 2.24) is 0 Å². The number of aliphatic hydroxyl groups is 2. The van der Waals surface area contributed by atoms with E-state index in [1.807, 2.05) is 78.9 Å². The molecule has 36 heavy (non-hydrogen) atoms. The first-order valence-corrected chi connectivity index (χ1v) is 12.0. The third-order valence-corrected chi connectivity index (χ3v) is 6.04. The first-order chi connectivity index (χ1) is 17.7. The first kappa shape index (κ1) is 27.6. The predicted molar refractivity (Wildman–Crippen MR) is 138 cm³/mol. The number of benzene rings is 3. The average molecular weight is 497 g/mol. The van der Waals surface area contributed by atoms with E-state index in [1.165, 1.54) is 0 Å². The van der Waals surface area contributed by atoms with Gasteiger partial charge in [-0.15, -0.1) is 0 Å². The van der Waals surface area contributed by atoms with Crippen molar-refractivity contribution in [1.29, 1.82) is 0 Å². The Kier molecular flexibility index (Phi) is 11.2. The molecule has 0 radical (unpaired) electrons. The Labute approximate surface area is 213 Å². The van der Waals surface area contributed by atoms with Gasteiger partial charge in [0.05, 0.1) is 72.0 Å². The average Bonchev–Trinajstić information content (AvgIpc) is 2.93. The summed E-state index contributed by atoms with van der Waals surface area (Å²) in [5.74, 6) is 1.13. The van der Waals surface area contributed by atoms with E-state index < -0.39 is 11.5 Å². The second-order valence-electron chi connectivity index (χ2n) is 8.12. The van der Waals surface area contributed by atoms with Crippen LogP contribution in [-0.4, -0.2) is 76.8 Å². The molecule has 0 saturated heterocycles. The number of para-hydroxylation sites is 1. The van der Waals surface area contributed by atoms with Crippen LogP contribution in [0.3, 0.4) is 0 Å². The summed E-state index contributed by atoms with van der Waals surface area (Å²) in [6, 6.07) is 25.5. The van der Waals surface area contributed by atoms with Crippen molar-refractivity contribution in [3.8, 4) is 11.5 Å². The fraction of sp³-hybridized carbons (Fsp3) is 0.379. The highest BCUT2D eigenvalue weighted by Crippen LogP contribution is 2.48. The summed E-state index contributed by atoms with van der Waals surface area (Å²) in [6.45, 7) is 1.83. The van der Waals surface area contributed by atoms with Crippen LogP contribution in [0.2, 0.25) is 0 Å². The van der Waals surface area contributed by atoms with Crippen LogP contribution < -0.4 is 9.47 Å². The highest BCUT2D eigenvalue weighted by atomic mass is 16.5. The van der Waals surface area contributed by atoms with Gasteiger partial charge in [0, 0.05) is 5.56 Å². The summed E-state index contributed by atoms with van der Waals surface area (Å²) >= 11 is 0. The standard InChI is InChI=1S/C29H36O7/c1-32-26-15-9-14-25(28(26)33-2)29(23-10-5-3-6-11-23,24-12-7-4-8-13-24)27(31)22-36-21-20-35-19-18-34-17-16-30/h3-15,27,30-31H,16-22H2,1-2H3. The molecule has 0 saturated carbocycles. The van der Waals surface area contributed by atoms with Gasteiger partial charge >= 0.3 is 0 Å². The first-order valence-electron chi connectivity index (χ1n) is 12.0. The van der Waals surface area contributed by atoms with Crippen molar-refractivity contribution < 1.29 is 33.9 Å². The summed E-state index contributed by atoms with van der Waals surface area (Å²) in [6.07, 6.45) is -0.962. The number of hydrogen-bond donors (Lipinski definition) is 2. The quantitative estimate of drug-likeness (QED) is 0.232. The molecule has 0 fully saturated rings. The lowest BCUT2D eigenvalue weighted by atomic mass is 9.65. The van der Waals surface area contributed by atoms with Gasteiger partial charge in [-0.1, -0.05) is 72.8 Å². The van der Waals surface area contributed by atoms with E-state index in [1.54, 1.807) is 14.2 Å².